The molecule has 2 heterocycles. The Labute approximate surface area is 161 Å². The molecule has 0 saturated carbocycles. The molecule has 2 aromatic heterocycles. The van der Waals surface area contributed by atoms with Gasteiger partial charge < -0.3 is 10.1 Å². The molecule has 0 aliphatic rings. The Morgan fingerprint density at radius 1 is 1.18 bits per heavy atom. The highest BCUT2D eigenvalue weighted by Crippen LogP contribution is 2.18. The minimum atomic E-state index is -0.600. The SMILES string of the molecule is CCOc1ccnc2c1c(=O)n(CC(=O)NCCc1ccccc1)c(=O)n2C. The monoisotopic (exact) mass is 382 g/mol. The molecule has 8 heteroatoms. The predicted octanol–water partition coefficient (Wildman–Crippen LogP) is 0.853. The fourth-order valence-electron chi connectivity index (χ4n) is 2.99. The largest absolute Gasteiger partial charge is 0.493 e. The molecule has 146 valence electrons. The van der Waals surface area contributed by atoms with Crippen LogP contribution in [0, 0.1) is 0 Å². The van der Waals surface area contributed by atoms with Crippen LogP contribution in [0.5, 0.6) is 5.75 Å². The van der Waals surface area contributed by atoms with E-state index < -0.39 is 17.2 Å². The summed E-state index contributed by atoms with van der Waals surface area (Å²) in [4.78, 5) is 41.9. The van der Waals surface area contributed by atoms with Crippen molar-refractivity contribution in [1.29, 1.82) is 0 Å². The summed E-state index contributed by atoms with van der Waals surface area (Å²) in [5, 5.41) is 2.93. The van der Waals surface area contributed by atoms with Gasteiger partial charge in [-0.25, -0.2) is 14.3 Å². The minimum absolute atomic E-state index is 0.184. The molecular formula is C20H22N4O4. The van der Waals surface area contributed by atoms with E-state index in [9.17, 15) is 14.4 Å². The Bertz CT molecular complexity index is 1100. The number of amides is 1. The summed E-state index contributed by atoms with van der Waals surface area (Å²) in [5.41, 5.74) is 0.125. The van der Waals surface area contributed by atoms with Crippen LogP contribution >= 0.6 is 0 Å². The Hall–Kier alpha value is -3.42. The number of nitrogens with zero attached hydrogens (tertiary/aromatic N) is 3. The average Bonchev–Trinajstić information content (AvgIpc) is 2.70. The predicted molar refractivity (Wildman–Crippen MR) is 106 cm³/mol. The second-order valence-corrected chi connectivity index (χ2v) is 6.26. The van der Waals surface area contributed by atoms with Gasteiger partial charge in [-0.2, -0.15) is 0 Å². The normalized spacial score (nSPS) is 10.8. The third-order valence-corrected chi connectivity index (χ3v) is 4.37. The van der Waals surface area contributed by atoms with Crippen LogP contribution < -0.4 is 21.3 Å². The van der Waals surface area contributed by atoms with E-state index in [1.165, 1.54) is 17.8 Å². The molecule has 1 aromatic carbocycles. The first-order valence-corrected chi connectivity index (χ1v) is 9.05. The molecule has 3 rings (SSSR count). The summed E-state index contributed by atoms with van der Waals surface area (Å²) in [5.74, 6) is -0.0670. The molecule has 0 aliphatic heterocycles. The molecule has 0 spiro atoms. The molecule has 1 amide bonds. The molecule has 28 heavy (non-hydrogen) atoms. The van der Waals surface area contributed by atoms with E-state index in [-0.39, 0.29) is 17.6 Å². The molecule has 0 unspecified atom stereocenters. The zero-order valence-electron chi connectivity index (χ0n) is 15.8. The van der Waals surface area contributed by atoms with Gasteiger partial charge in [0, 0.05) is 19.8 Å². The van der Waals surface area contributed by atoms with E-state index >= 15 is 0 Å². The van der Waals surface area contributed by atoms with E-state index in [1.807, 2.05) is 30.3 Å². The fraction of sp³-hybridized carbons (Fsp3) is 0.300. The minimum Gasteiger partial charge on any atom is -0.493 e. The van der Waals surface area contributed by atoms with Crippen molar-refractivity contribution in [3.8, 4) is 5.75 Å². The van der Waals surface area contributed by atoms with Crippen LogP contribution in [-0.2, 0) is 24.8 Å². The molecule has 1 N–H and O–H groups in total. The lowest BCUT2D eigenvalue weighted by Gasteiger charge is -2.12. The van der Waals surface area contributed by atoms with E-state index in [4.69, 9.17) is 4.74 Å². The van der Waals surface area contributed by atoms with Gasteiger partial charge in [0.2, 0.25) is 5.91 Å². The zero-order chi connectivity index (χ0) is 20.1. The number of hydrogen-bond acceptors (Lipinski definition) is 5. The lowest BCUT2D eigenvalue weighted by Crippen LogP contribution is -2.43. The Kier molecular flexibility index (Phi) is 5.88. The summed E-state index contributed by atoms with van der Waals surface area (Å²) in [6.45, 7) is 2.21. The lowest BCUT2D eigenvalue weighted by molar-refractivity contribution is -0.121. The highest BCUT2D eigenvalue weighted by atomic mass is 16.5. The number of carbonyl (C=O) groups excluding carboxylic acids is 1. The third kappa shape index (κ3) is 3.95. The first-order chi connectivity index (χ1) is 13.5. The van der Waals surface area contributed by atoms with Gasteiger partial charge in [-0.1, -0.05) is 30.3 Å². The van der Waals surface area contributed by atoms with Crippen molar-refractivity contribution in [2.24, 2.45) is 7.05 Å². The van der Waals surface area contributed by atoms with Crippen molar-refractivity contribution < 1.29 is 9.53 Å². The Morgan fingerprint density at radius 2 is 1.93 bits per heavy atom. The number of carbonyl (C=O) groups is 1. The van der Waals surface area contributed by atoms with Gasteiger partial charge in [0.1, 0.15) is 17.7 Å². The summed E-state index contributed by atoms with van der Waals surface area (Å²) in [7, 11) is 1.51. The number of ether oxygens (including phenoxy) is 1. The second-order valence-electron chi connectivity index (χ2n) is 6.26. The lowest BCUT2D eigenvalue weighted by atomic mass is 10.1. The molecular weight excluding hydrogens is 360 g/mol. The molecule has 3 aromatic rings. The smallest absolute Gasteiger partial charge is 0.332 e. The van der Waals surface area contributed by atoms with Gasteiger partial charge in [-0.3, -0.25) is 14.2 Å². The second kappa shape index (κ2) is 8.51. The number of rotatable bonds is 7. The number of fused-ring (bicyclic) bond motifs is 1. The maximum absolute atomic E-state index is 12.9. The quantitative estimate of drug-likeness (QED) is 0.654. The van der Waals surface area contributed by atoms with Gasteiger partial charge in [0.05, 0.1) is 6.61 Å². The maximum Gasteiger partial charge on any atom is 0.332 e. The molecule has 0 bridgehead atoms. The van der Waals surface area contributed by atoms with Gasteiger partial charge in [-0.05, 0) is 25.0 Å². The highest BCUT2D eigenvalue weighted by molar-refractivity contribution is 5.81. The molecule has 0 aliphatic carbocycles. The zero-order valence-corrected chi connectivity index (χ0v) is 15.8. The first kappa shape index (κ1) is 19.3. The van der Waals surface area contributed by atoms with Crippen LogP contribution in [0.25, 0.3) is 11.0 Å². The average molecular weight is 382 g/mol. The van der Waals surface area contributed by atoms with Crippen molar-refractivity contribution in [3.63, 3.8) is 0 Å². The topological polar surface area (TPSA) is 95.2 Å². The molecule has 8 nitrogen and oxygen atoms in total. The van der Waals surface area contributed by atoms with E-state index in [0.717, 1.165) is 10.1 Å². The molecule has 0 radical (unpaired) electrons. The van der Waals surface area contributed by atoms with Crippen LogP contribution in [0.4, 0.5) is 0 Å². The summed E-state index contributed by atoms with van der Waals surface area (Å²) in [6, 6.07) is 11.3. The molecule has 0 saturated heterocycles. The summed E-state index contributed by atoms with van der Waals surface area (Å²) >= 11 is 0. The van der Waals surface area contributed by atoms with Crippen LogP contribution in [-0.4, -0.2) is 33.2 Å². The van der Waals surface area contributed by atoms with Crippen molar-refractivity contribution in [2.45, 2.75) is 19.9 Å². The highest BCUT2D eigenvalue weighted by Gasteiger charge is 2.17. The van der Waals surface area contributed by atoms with Crippen molar-refractivity contribution in [1.82, 2.24) is 19.4 Å². The Morgan fingerprint density at radius 3 is 2.64 bits per heavy atom. The number of pyridine rings is 1. The van der Waals surface area contributed by atoms with E-state index in [1.54, 1.807) is 13.0 Å². The molecule has 0 fully saturated rings. The number of aromatic nitrogens is 3. The number of hydrogen-bond donors (Lipinski definition) is 1. The number of benzene rings is 1. The van der Waals surface area contributed by atoms with Crippen molar-refractivity contribution >= 4 is 16.9 Å². The van der Waals surface area contributed by atoms with Gasteiger partial charge >= 0.3 is 5.69 Å². The molecule has 0 atom stereocenters. The first-order valence-electron chi connectivity index (χ1n) is 9.05. The van der Waals surface area contributed by atoms with E-state index in [0.29, 0.717) is 25.3 Å². The Balaban J connectivity index is 1.84. The number of nitrogens with one attached hydrogen (secondary N) is 1. The van der Waals surface area contributed by atoms with Crippen molar-refractivity contribution in [2.75, 3.05) is 13.2 Å². The maximum atomic E-state index is 12.9. The van der Waals surface area contributed by atoms with Crippen LogP contribution in [0.1, 0.15) is 12.5 Å². The fourth-order valence-corrected chi connectivity index (χ4v) is 2.99. The van der Waals surface area contributed by atoms with E-state index in [2.05, 4.69) is 10.3 Å². The standard InChI is InChI=1S/C20H22N4O4/c1-3-28-15-10-12-22-18-17(15)19(26)24(20(27)23(18)2)13-16(25)21-11-9-14-7-5-4-6-8-14/h4-8,10,12H,3,9,11,13H2,1-2H3,(H,21,25). The van der Waals surface area contributed by atoms with Crippen LogP contribution in [0.3, 0.4) is 0 Å². The van der Waals surface area contributed by atoms with Crippen LogP contribution in [0.2, 0.25) is 0 Å². The van der Waals surface area contributed by atoms with Crippen molar-refractivity contribution in [3.05, 3.63) is 69.0 Å². The number of aryl methyl sites for hydroxylation is 1. The third-order valence-electron chi connectivity index (χ3n) is 4.37. The van der Waals surface area contributed by atoms with Gasteiger partial charge in [0.15, 0.2) is 5.65 Å². The summed E-state index contributed by atoms with van der Waals surface area (Å²) in [6.07, 6.45) is 2.14. The van der Waals surface area contributed by atoms with Gasteiger partial charge in [0.25, 0.3) is 5.56 Å². The van der Waals surface area contributed by atoms with Crippen LogP contribution in [0.15, 0.2) is 52.2 Å². The summed E-state index contributed by atoms with van der Waals surface area (Å²) < 4.78 is 7.65. The van der Waals surface area contributed by atoms with Gasteiger partial charge in [-0.15, -0.1) is 0 Å².